The van der Waals surface area contributed by atoms with E-state index in [1.54, 1.807) is 20.6 Å². The summed E-state index contributed by atoms with van der Waals surface area (Å²) in [5.41, 5.74) is 0.858. The topological polar surface area (TPSA) is 42.3 Å². The molecule has 0 N–H and O–H groups in total. The van der Waals surface area contributed by atoms with E-state index in [4.69, 9.17) is 0 Å². The molecule has 3 rings (SSSR count). The SMILES string of the molecule is Cc1ccc(=O)n2c1C(=O)N(Br)C21CCCC1. The van der Waals surface area contributed by atoms with E-state index in [0.717, 1.165) is 31.2 Å². The summed E-state index contributed by atoms with van der Waals surface area (Å²) in [4.78, 5) is 24.3. The Bertz CT molecular complexity index is 558. The Morgan fingerprint density at radius 2 is 1.88 bits per heavy atom. The lowest BCUT2D eigenvalue weighted by Gasteiger charge is -2.31. The van der Waals surface area contributed by atoms with E-state index < -0.39 is 5.66 Å². The van der Waals surface area contributed by atoms with E-state index >= 15 is 0 Å². The Hall–Kier alpha value is -1.10. The van der Waals surface area contributed by atoms with Gasteiger partial charge in [0.25, 0.3) is 11.5 Å². The molecular weight excluding hydrogens is 284 g/mol. The lowest BCUT2D eigenvalue weighted by molar-refractivity contribution is 0.0755. The van der Waals surface area contributed by atoms with Crippen LogP contribution >= 0.6 is 16.1 Å². The molecule has 1 amide bonds. The summed E-state index contributed by atoms with van der Waals surface area (Å²) in [6, 6.07) is 3.28. The average molecular weight is 297 g/mol. The van der Waals surface area contributed by atoms with Gasteiger partial charge in [-0.25, -0.2) is 3.93 Å². The largest absolute Gasteiger partial charge is 0.282 e. The van der Waals surface area contributed by atoms with Crippen molar-refractivity contribution in [2.24, 2.45) is 0 Å². The molecule has 1 fully saturated rings. The zero-order valence-electron chi connectivity index (χ0n) is 9.57. The van der Waals surface area contributed by atoms with Gasteiger partial charge in [0.2, 0.25) is 0 Å². The van der Waals surface area contributed by atoms with Gasteiger partial charge >= 0.3 is 0 Å². The minimum atomic E-state index is -0.463. The number of nitrogens with zero attached hydrogens (tertiary/aromatic N) is 2. The molecule has 1 aromatic rings. The zero-order valence-corrected chi connectivity index (χ0v) is 11.2. The Morgan fingerprint density at radius 1 is 1.24 bits per heavy atom. The van der Waals surface area contributed by atoms with Gasteiger partial charge in [-0.05, 0) is 38.2 Å². The second-order valence-electron chi connectivity index (χ2n) is 4.81. The van der Waals surface area contributed by atoms with Crippen LogP contribution in [-0.2, 0) is 5.66 Å². The molecule has 1 saturated carbocycles. The van der Waals surface area contributed by atoms with E-state index in [2.05, 4.69) is 16.1 Å². The molecule has 0 unspecified atom stereocenters. The number of amides is 1. The average Bonchev–Trinajstić information content (AvgIpc) is 2.86. The van der Waals surface area contributed by atoms with Crippen LogP contribution in [0.4, 0.5) is 0 Å². The summed E-state index contributed by atoms with van der Waals surface area (Å²) >= 11 is 3.36. The Balaban J connectivity index is 2.36. The summed E-state index contributed by atoms with van der Waals surface area (Å²) < 4.78 is 3.27. The highest BCUT2D eigenvalue weighted by atomic mass is 79.9. The van der Waals surface area contributed by atoms with Crippen LogP contribution in [0.15, 0.2) is 16.9 Å². The third kappa shape index (κ3) is 1.23. The number of halogens is 1. The van der Waals surface area contributed by atoms with Crippen molar-refractivity contribution < 1.29 is 4.79 Å². The van der Waals surface area contributed by atoms with Gasteiger partial charge < -0.3 is 0 Å². The fourth-order valence-corrected chi connectivity index (χ4v) is 3.73. The number of pyridine rings is 1. The second kappa shape index (κ2) is 3.45. The van der Waals surface area contributed by atoms with Crippen molar-refractivity contribution in [3.63, 3.8) is 0 Å². The molecule has 5 heteroatoms. The summed E-state index contributed by atoms with van der Waals surface area (Å²) in [5, 5.41) is 0. The lowest BCUT2D eigenvalue weighted by atomic mass is 10.1. The lowest BCUT2D eigenvalue weighted by Crippen LogP contribution is -2.43. The van der Waals surface area contributed by atoms with Gasteiger partial charge in [0, 0.05) is 6.07 Å². The number of hydrogen-bond acceptors (Lipinski definition) is 2. The molecular formula is C12H13BrN2O2. The number of rotatable bonds is 0. The maximum Gasteiger partial charge on any atom is 0.282 e. The van der Waals surface area contributed by atoms with E-state index in [9.17, 15) is 9.59 Å². The van der Waals surface area contributed by atoms with Crippen LogP contribution in [-0.4, -0.2) is 14.4 Å². The standard InChI is InChI=1S/C12H13BrN2O2/c1-8-4-5-9(16)14-10(8)11(17)15(13)12(14)6-2-3-7-12/h4-5H,2-3,6-7H2,1H3. The fourth-order valence-electron chi connectivity index (χ4n) is 3.04. The normalized spacial score (nSPS) is 21.3. The van der Waals surface area contributed by atoms with Gasteiger partial charge in [-0.1, -0.05) is 6.07 Å². The molecule has 1 aliphatic heterocycles. The summed E-state index contributed by atoms with van der Waals surface area (Å²) in [6.45, 7) is 1.87. The molecule has 0 atom stereocenters. The highest BCUT2D eigenvalue weighted by Crippen LogP contribution is 2.46. The van der Waals surface area contributed by atoms with Crippen molar-refractivity contribution in [3.8, 4) is 0 Å². The fraction of sp³-hybridized carbons (Fsp3) is 0.500. The molecule has 1 aromatic heterocycles. The number of carbonyl (C=O) groups excluding carboxylic acids is 1. The molecule has 0 saturated heterocycles. The summed E-state index contributed by atoms with van der Waals surface area (Å²) in [5.74, 6) is -0.0953. The van der Waals surface area contributed by atoms with Gasteiger partial charge in [0.15, 0.2) is 0 Å². The van der Waals surface area contributed by atoms with Crippen LogP contribution in [0.25, 0.3) is 0 Å². The van der Waals surface area contributed by atoms with E-state index in [1.807, 2.05) is 6.92 Å². The number of hydrogen-bond donors (Lipinski definition) is 0. The van der Waals surface area contributed by atoms with Crippen molar-refractivity contribution >= 4 is 22.1 Å². The molecule has 4 nitrogen and oxygen atoms in total. The first-order valence-electron chi connectivity index (χ1n) is 5.81. The van der Waals surface area contributed by atoms with Gasteiger partial charge in [0.05, 0.1) is 16.1 Å². The highest BCUT2D eigenvalue weighted by molar-refractivity contribution is 9.07. The van der Waals surface area contributed by atoms with Gasteiger partial charge in [-0.3, -0.25) is 14.2 Å². The van der Waals surface area contributed by atoms with Gasteiger partial charge in [-0.15, -0.1) is 0 Å². The monoisotopic (exact) mass is 296 g/mol. The molecule has 0 aromatic carbocycles. The molecule has 0 radical (unpaired) electrons. The van der Waals surface area contributed by atoms with Crippen LogP contribution < -0.4 is 5.56 Å². The molecule has 2 aliphatic rings. The van der Waals surface area contributed by atoms with Crippen molar-refractivity contribution in [2.75, 3.05) is 0 Å². The summed E-state index contributed by atoms with van der Waals surface area (Å²) in [6.07, 6.45) is 3.80. The zero-order chi connectivity index (χ0) is 12.2. The first-order valence-corrected chi connectivity index (χ1v) is 6.52. The molecule has 2 heterocycles. The maximum absolute atomic E-state index is 12.3. The molecule has 90 valence electrons. The summed E-state index contributed by atoms with van der Waals surface area (Å²) in [7, 11) is 0. The molecule has 0 bridgehead atoms. The number of aryl methyl sites for hydroxylation is 1. The van der Waals surface area contributed by atoms with E-state index in [0.29, 0.717) is 5.69 Å². The molecule has 1 aliphatic carbocycles. The number of aromatic nitrogens is 1. The van der Waals surface area contributed by atoms with Gasteiger partial charge in [-0.2, -0.15) is 0 Å². The molecule has 1 spiro atoms. The number of carbonyl (C=O) groups is 1. The first-order chi connectivity index (χ1) is 8.08. The number of fused-ring (bicyclic) bond motifs is 2. The van der Waals surface area contributed by atoms with Crippen molar-refractivity contribution in [1.82, 2.24) is 8.49 Å². The Morgan fingerprint density at radius 3 is 2.53 bits per heavy atom. The third-order valence-corrected chi connectivity index (χ3v) is 4.84. The smallest absolute Gasteiger partial charge is 0.278 e. The van der Waals surface area contributed by atoms with Crippen LogP contribution in [0.1, 0.15) is 41.7 Å². The predicted octanol–water partition coefficient (Wildman–Crippen LogP) is 2.15. The van der Waals surface area contributed by atoms with Crippen LogP contribution in [0, 0.1) is 6.92 Å². The minimum absolute atomic E-state index is 0.0807. The van der Waals surface area contributed by atoms with Crippen molar-refractivity contribution in [3.05, 3.63) is 33.7 Å². The molecule has 17 heavy (non-hydrogen) atoms. The second-order valence-corrected chi connectivity index (χ2v) is 5.52. The van der Waals surface area contributed by atoms with E-state index in [-0.39, 0.29) is 11.5 Å². The van der Waals surface area contributed by atoms with Crippen LogP contribution in [0.2, 0.25) is 0 Å². The van der Waals surface area contributed by atoms with Crippen molar-refractivity contribution in [2.45, 2.75) is 38.3 Å². The highest BCUT2D eigenvalue weighted by Gasteiger charge is 2.51. The Labute approximate surface area is 108 Å². The third-order valence-electron chi connectivity index (χ3n) is 3.86. The maximum atomic E-state index is 12.3. The Kier molecular flexibility index (Phi) is 2.23. The first kappa shape index (κ1) is 11.0. The van der Waals surface area contributed by atoms with Gasteiger partial charge in [0.1, 0.15) is 11.4 Å². The minimum Gasteiger partial charge on any atom is -0.278 e. The van der Waals surface area contributed by atoms with Crippen LogP contribution in [0.5, 0.6) is 0 Å². The van der Waals surface area contributed by atoms with Crippen molar-refractivity contribution in [1.29, 1.82) is 0 Å². The predicted molar refractivity (Wildman–Crippen MR) is 67.0 cm³/mol. The van der Waals surface area contributed by atoms with E-state index in [1.165, 1.54) is 0 Å². The van der Waals surface area contributed by atoms with Crippen LogP contribution in [0.3, 0.4) is 0 Å². The quantitative estimate of drug-likeness (QED) is 0.689.